The Morgan fingerprint density at radius 1 is 1.85 bits per heavy atom. The molecule has 5 nitrogen and oxygen atoms in total. The molecule has 0 amide bonds. The van der Waals surface area contributed by atoms with Gasteiger partial charge < -0.3 is 15.0 Å². The fraction of sp³-hybridized carbons (Fsp3) is 0.500. The number of carbonyl (C=O) groups excluding carboxylic acids is 1. The van der Waals surface area contributed by atoms with Crippen LogP contribution >= 0.6 is 0 Å². The second kappa shape index (κ2) is 3.93. The van der Waals surface area contributed by atoms with Crippen LogP contribution in [0.5, 0.6) is 0 Å². The van der Waals surface area contributed by atoms with Crippen LogP contribution in [0.25, 0.3) is 0 Å². The van der Waals surface area contributed by atoms with Crippen LogP contribution in [0, 0.1) is 0 Å². The first-order valence-electron chi connectivity index (χ1n) is 4.06. The van der Waals surface area contributed by atoms with Gasteiger partial charge in [0.15, 0.2) is 0 Å². The van der Waals surface area contributed by atoms with E-state index in [0.29, 0.717) is 0 Å². The van der Waals surface area contributed by atoms with Crippen LogP contribution in [0.1, 0.15) is 30.6 Å². The van der Waals surface area contributed by atoms with Gasteiger partial charge in [0, 0.05) is 0 Å². The summed E-state index contributed by atoms with van der Waals surface area (Å²) in [6.07, 6.45) is 1.89. The second-order valence-corrected chi connectivity index (χ2v) is 2.73. The summed E-state index contributed by atoms with van der Waals surface area (Å²) in [5.74, 6) is -0.499. The normalized spacial score (nSPS) is 12.5. The minimum Gasteiger partial charge on any atom is -0.459 e. The van der Waals surface area contributed by atoms with Crippen molar-refractivity contribution in [3.63, 3.8) is 0 Å². The van der Waals surface area contributed by atoms with Crippen LogP contribution in [0.2, 0.25) is 0 Å². The molecule has 0 aliphatic carbocycles. The lowest BCUT2D eigenvalue weighted by Gasteiger charge is -2.08. The SMILES string of the molecule is CCC(C)OC(=O)c1cnoc1N. The molecule has 72 valence electrons. The van der Waals surface area contributed by atoms with Gasteiger partial charge in [-0.1, -0.05) is 12.1 Å². The maximum atomic E-state index is 11.3. The van der Waals surface area contributed by atoms with E-state index in [1.54, 1.807) is 0 Å². The first kappa shape index (κ1) is 9.57. The van der Waals surface area contributed by atoms with Crippen molar-refractivity contribution >= 4 is 11.9 Å². The molecule has 5 heteroatoms. The molecule has 0 aromatic carbocycles. The maximum Gasteiger partial charge on any atom is 0.345 e. The van der Waals surface area contributed by atoms with Gasteiger partial charge in [-0.3, -0.25) is 0 Å². The van der Waals surface area contributed by atoms with Gasteiger partial charge in [0.05, 0.1) is 12.3 Å². The Bertz CT molecular complexity index is 295. The van der Waals surface area contributed by atoms with Crippen molar-refractivity contribution in [2.45, 2.75) is 26.4 Å². The Balaban J connectivity index is 2.64. The van der Waals surface area contributed by atoms with E-state index in [4.69, 9.17) is 10.5 Å². The number of anilines is 1. The Hall–Kier alpha value is -1.52. The third kappa shape index (κ3) is 2.21. The zero-order chi connectivity index (χ0) is 9.84. The molecule has 0 aliphatic rings. The lowest BCUT2D eigenvalue weighted by molar-refractivity contribution is 0.0335. The summed E-state index contributed by atoms with van der Waals surface area (Å²) in [4.78, 5) is 11.3. The number of nitrogens with zero attached hydrogens (tertiary/aromatic N) is 1. The van der Waals surface area contributed by atoms with Crippen LogP contribution in [0.4, 0.5) is 5.88 Å². The van der Waals surface area contributed by atoms with Gasteiger partial charge in [0.25, 0.3) is 0 Å². The van der Waals surface area contributed by atoms with Crippen LogP contribution < -0.4 is 5.73 Å². The fourth-order valence-electron chi connectivity index (χ4n) is 0.731. The third-order valence-corrected chi connectivity index (χ3v) is 1.70. The zero-order valence-corrected chi connectivity index (χ0v) is 7.61. The van der Waals surface area contributed by atoms with Gasteiger partial charge in [-0.05, 0) is 13.3 Å². The van der Waals surface area contributed by atoms with Crippen LogP contribution in [-0.4, -0.2) is 17.2 Å². The zero-order valence-electron chi connectivity index (χ0n) is 7.61. The molecule has 13 heavy (non-hydrogen) atoms. The molecule has 0 saturated carbocycles. The molecule has 0 fully saturated rings. The van der Waals surface area contributed by atoms with Gasteiger partial charge in [0.2, 0.25) is 5.88 Å². The summed E-state index contributed by atoms with van der Waals surface area (Å²) in [7, 11) is 0. The first-order chi connectivity index (χ1) is 6.15. The molecule has 1 atom stereocenters. The van der Waals surface area contributed by atoms with Gasteiger partial charge in [-0.2, -0.15) is 0 Å². The first-order valence-corrected chi connectivity index (χ1v) is 4.06. The third-order valence-electron chi connectivity index (χ3n) is 1.70. The molecule has 1 aromatic rings. The van der Waals surface area contributed by atoms with Crippen molar-refractivity contribution in [2.75, 3.05) is 5.73 Å². The highest BCUT2D eigenvalue weighted by molar-refractivity contribution is 5.93. The lowest BCUT2D eigenvalue weighted by atomic mass is 10.3. The number of rotatable bonds is 3. The molecule has 1 aromatic heterocycles. The Kier molecular flexibility index (Phi) is 2.89. The summed E-state index contributed by atoms with van der Waals surface area (Å²) in [6, 6.07) is 0. The highest BCUT2D eigenvalue weighted by Gasteiger charge is 2.16. The molecule has 0 spiro atoms. The summed E-state index contributed by atoms with van der Waals surface area (Å²) in [6.45, 7) is 3.73. The Labute approximate surface area is 75.8 Å². The quantitative estimate of drug-likeness (QED) is 0.714. The number of esters is 1. The van der Waals surface area contributed by atoms with Gasteiger partial charge in [0.1, 0.15) is 5.56 Å². The standard InChI is InChI=1S/C8H12N2O3/c1-3-5(2)12-8(11)6-4-10-13-7(6)9/h4-5H,3,9H2,1-2H3. The molecule has 1 unspecified atom stereocenters. The Morgan fingerprint density at radius 2 is 2.54 bits per heavy atom. The molecule has 0 radical (unpaired) electrons. The van der Waals surface area contributed by atoms with E-state index in [2.05, 4.69) is 9.68 Å². The lowest BCUT2D eigenvalue weighted by Crippen LogP contribution is -2.14. The number of aromatic nitrogens is 1. The van der Waals surface area contributed by atoms with E-state index < -0.39 is 5.97 Å². The number of nitrogen functional groups attached to an aromatic ring is 1. The number of hydrogen-bond acceptors (Lipinski definition) is 5. The smallest absolute Gasteiger partial charge is 0.345 e. The predicted molar refractivity (Wildman–Crippen MR) is 46.1 cm³/mol. The van der Waals surface area contributed by atoms with Crippen molar-refractivity contribution in [3.8, 4) is 0 Å². The van der Waals surface area contributed by atoms with Crippen LogP contribution in [-0.2, 0) is 4.74 Å². The molecule has 1 rings (SSSR count). The summed E-state index contributed by atoms with van der Waals surface area (Å²) < 4.78 is 9.53. The predicted octanol–water partition coefficient (Wildman–Crippen LogP) is 1.21. The van der Waals surface area contributed by atoms with Crippen molar-refractivity contribution in [2.24, 2.45) is 0 Å². The van der Waals surface area contributed by atoms with Crippen molar-refractivity contribution < 1.29 is 14.1 Å². The number of ether oxygens (including phenoxy) is 1. The van der Waals surface area contributed by atoms with Crippen molar-refractivity contribution in [1.82, 2.24) is 5.16 Å². The van der Waals surface area contributed by atoms with E-state index in [-0.39, 0.29) is 17.6 Å². The molecule has 0 aliphatic heterocycles. The van der Waals surface area contributed by atoms with E-state index in [1.807, 2.05) is 13.8 Å². The molecular weight excluding hydrogens is 172 g/mol. The van der Waals surface area contributed by atoms with E-state index in [9.17, 15) is 4.79 Å². The van der Waals surface area contributed by atoms with Crippen molar-refractivity contribution in [1.29, 1.82) is 0 Å². The van der Waals surface area contributed by atoms with Gasteiger partial charge in [-0.15, -0.1) is 0 Å². The average Bonchev–Trinajstić information content (AvgIpc) is 2.51. The largest absolute Gasteiger partial charge is 0.459 e. The number of nitrogens with two attached hydrogens (primary N) is 1. The highest BCUT2D eigenvalue weighted by Crippen LogP contribution is 2.12. The van der Waals surface area contributed by atoms with Crippen LogP contribution in [0.15, 0.2) is 10.7 Å². The minimum absolute atomic E-state index is 0.00620. The van der Waals surface area contributed by atoms with Crippen molar-refractivity contribution in [3.05, 3.63) is 11.8 Å². The second-order valence-electron chi connectivity index (χ2n) is 2.73. The van der Waals surface area contributed by atoms with Gasteiger partial charge >= 0.3 is 5.97 Å². The van der Waals surface area contributed by atoms with E-state index in [0.717, 1.165) is 6.42 Å². The number of hydrogen-bond donors (Lipinski definition) is 1. The topological polar surface area (TPSA) is 78.3 Å². The van der Waals surface area contributed by atoms with E-state index in [1.165, 1.54) is 6.20 Å². The van der Waals surface area contributed by atoms with E-state index >= 15 is 0 Å². The monoisotopic (exact) mass is 184 g/mol. The fourth-order valence-corrected chi connectivity index (χ4v) is 0.731. The minimum atomic E-state index is -0.492. The molecule has 2 N–H and O–H groups in total. The average molecular weight is 184 g/mol. The molecular formula is C8H12N2O3. The highest BCUT2D eigenvalue weighted by atomic mass is 16.5. The maximum absolute atomic E-state index is 11.3. The van der Waals surface area contributed by atoms with Crippen LogP contribution in [0.3, 0.4) is 0 Å². The molecule has 1 heterocycles. The number of carbonyl (C=O) groups is 1. The molecule has 0 saturated heterocycles. The molecule has 0 bridgehead atoms. The van der Waals surface area contributed by atoms with Gasteiger partial charge in [-0.25, -0.2) is 4.79 Å². The summed E-state index contributed by atoms with van der Waals surface area (Å²) in [5, 5.41) is 3.38. The summed E-state index contributed by atoms with van der Waals surface area (Å²) >= 11 is 0. The summed E-state index contributed by atoms with van der Waals surface area (Å²) in [5.41, 5.74) is 5.51. The Morgan fingerprint density at radius 3 is 3.00 bits per heavy atom.